The van der Waals surface area contributed by atoms with Crippen molar-refractivity contribution >= 4 is 17.3 Å². The molecule has 92 valence electrons. The molecule has 0 aliphatic carbocycles. The fourth-order valence-electron chi connectivity index (χ4n) is 3.07. The number of nitrogens with zero attached hydrogens (tertiary/aromatic N) is 1. The first kappa shape index (κ1) is 11.4. The Morgan fingerprint density at radius 1 is 1.18 bits per heavy atom. The van der Waals surface area contributed by atoms with Gasteiger partial charge in [0.25, 0.3) is 0 Å². The third-order valence-corrected chi connectivity index (χ3v) is 4.36. The molecule has 0 fully saturated rings. The number of aryl methyl sites for hydroxylation is 1. The monoisotopic (exact) mass is 250 g/mol. The Kier molecular flexibility index (Phi) is 3.01. The lowest BCUT2D eigenvalue weighted by atomic mass is 9.93. The van der Waals surface area contributed by atoms with Gasteiger partial charge in [0.05, 0.1) is 10.7 Å². The first-order chi connectivity index (χ1) is 8.27. The molecule has 1 aromatic rings. The van der Waals surface area contributed by atoms with Crippen molar-refractivity contribution in [3.8, 4) is 0 Å². The van der Waals surface area contributed by atoms with Gasteiger partial charge < -0.3 is 10.2 Å². The lowest BCUT2D eigenvalue weighted by Crippen LogP contribution is -2.25. The summed E-state index contributed by atoms with van der Waals surface area (Å²) in [6, 6.07) is 2.40. The van der Waals surface area contributed by atoms with E-state index in [9.17, 15) is 0 Å². The molecular weight excluding hydrogens is 232 g/mol. The van der Waals surface area contributed by atoms with E-state index in [2.05, 4.69) is 23.3 Å². The molecule has 0 spiro atoms. The SMILES string of the molecule is CN1CCCc2cc3c(c(Cl)c21)CCNCC3. The first-order valence-electron chi connectivity index (χ1n) is 6.52. The van der Waals surface area contributed by atoms with Crippen molar-refractivity contribution in [1.29, 1.82) is 0 Å². The van der Waals surface area contributed by atoms with Gasteiger partial charge in [0.2, 0.25) is 0 Å². The molecule has 0 amide bonds. The molecule has 1 N–H and O–H groups in total. The molecule has 2 aliphatic rings. The largest absolute Gasteiger partial charge is 0.373 e. The molecular formula is C14H19ClN2. The molecule has 2 nitrogen and oxygen atoms in total. The van der Waals surface area contributed by atoms with E-state index in [1.165, 1.54) is 35.2 Å². The molecule has 17 heavy (non-hydrogen) atoms. The van der Waals surface area contributed by atoms with Gasteiger partial charge in [-0.25, -0.2) is 0 Å². The van der Waals surface area contributed by atoms with Gasteiger partial charge in [0.15, 0.2) is 0 Å². The maximum Gasteiger partial charge on any atom is 0.0677 e. The minimum atomic E-state index is 1.02. The zero-order valence-corrected chi connectivity index (χ0v) is 11.1. The minimum Gasteiger partial charge on any atom is -0.373 e. The summed E-state index contributed by atoms with van der Waals surface area (Å²) < 4.78 is 0. The van der Waals surface area contributed by atoms with E-state index in [4.69, 9.17) is 11.6 Å². The summed E-state index contributed by atoms with van der Waals surface area (Å²) in [6.07, 6.45) is 4.61. The van der Waals surface area contributed by atoms with E-state index in [1.54, 1.807) is 0 Å². The Hall–Kier alpha value is -0.730. The van der Waals surface area contributed by atoms with Crippen LogP contribution in [0.2, 0.25) is 5.02 Å². The first-order valence-corrected chi connectivity index (χ1v) is 6.90. The quantitative estimate of drug-likeness (QED) is 0.761. The number of benzene rings is 1. The fraction of sp³-hybridized carbons (Fsp3) is 0.571. The van der Waals surface area contributed by atoms with E-state index >= 15 is 0 Å². The van der Waals surface area contributed by atoms with Crippen LogP contribution in [0.5, 0.6) is 0 Å². The van der Waals surface area contributed by atoms with Crippen LogP contribution >= 0.6 is 11.6 Å². The molecule has 0 radical (unpaired) electrons. The summed E-state index contributed by atoms with van der Waals surface area (Å²) >= 11 is 6.64. The van der Waals surface area contributed by atoms with Crippen molar-refractivity contribution < 1.29 is 0 Å². The smallest absolute Gasteiger partial charge is 0.0677 e. The van der Waals surface area contributed by atoms with Crippen LogP contribution in [-0.4, -0.2) is 26.7 Å². The summed E-state index contributed by atoms with van der Waals surface area (Å²) in [5.41, 5.74) is 5.58. The second-order valence-electron chi connectivity index (χ2n) is 5.11. The van der Waals surface area contributed by atoms with Gasteiger partial charge in [-0.2, -0.15) is 0 Å². The van der Waals surface area contributed by atoms with Crippen LogP contribution < -0.4 is 10.2 Å². The van der Waals surface area contributed by atoms with Crippen LogP contribution in [-0.2, 0) is 19.3 Å². The molecule has 0 aromatic heterocycles. The third-order valence-electron chi connectivity index (χ3n) is 3.96. The highest BCUT2D eigenvalue weighted by Crippen LogP contribution is 2.38. The Bertz CT molecular complexity index is 442. The van der Waals surface area contributed by atoms with E-state index in [0.717, 1.165) is 37.5 Å². The molecule has 0 saturated carbocycles. The van der Waals surface area contributed by atoms with Gasteiger partial charge in [0, 0.05) is 13.6 Å². The zero-order chi connectivity index (χ0) is 11.8. The second-order valence-corrected chi connectivity index (χ2v) is 5.49. The topological polar surface area (TPSA) is 15.3 Å². The fourth-order valence-corrected chi connectivity index (χ4v) is 3.55. The number of hydrogen-bond acceptors (Lipinski definition) is 2. The number of nitrogens with one attached hydrogen (secondary N) is 1. The summed E-state index contributed by atoms with van der Waals surface area (Å²) in [5, 5.41) is 4.47. The molecule has 0 atom stereocenters. The van der Waals surface area contributed by atoms with Gasteiger partial charge in [-0.3, -0.25) is 0 Å². The number of fused-ring (bicyclic) bond motifs is 2. The van der Waals surface area contributed by atoms with Crippen molar-refractivity contribution in [3.05, 3.63) is 27.8 Å². The average Bonchev–Trinajstić information content (AvgIpc) is 2.54. The average molecular weight is 251 g/mol. The van der Waals surface area contributed by atoms with Gasteiger partial charge in [-0.1, -0.05) is 17.7 Å². The Labute approximate surface area is 108 Å². The molecule has 3 heteroatoms. The Morgan fingerprint density at radius 3 is 2.88 bits per heavy atom. The van der Waals surface area contributed by atoms with Crippen molar-refractivity contribution in [2.24, 2.45) is 0 Å². The molecule has 0 unspecified atom stereocenters. The molecule has 0 saturated heterocycles. The van der Waals surface area contributed by atoms with Crippen LogP contribution in [0, 0.1) is 0 Å². The zero-order valence-electron chi connectivity index (χ0n) is 10.4. The number of halogens is 1. The van der Waals surface area contributed by atoms with Crippen molar-refractivity contribution in [1.82, 2.24) is 5.32 Å². The van der Waals surface area contributed by atoms with Crippen LogP contribution in [0.15, 0.2) is 6.07 Å². The van der Waals surface area contributed by atoms with Gasteiger partial charge >= 0.3 is 0 Å². The maximum atomic E-state index is 6.64. The highest BCUT2D eigenvalue weighted by molar-refractivity contribution is 6.34. The molecule has 2 heterocycles. The molecule has 1 aromatic carbocycles. The lowest BCUT2D eigenvalue weighted by molar-refractivity contribution is 0.711. The van der Waals surface area contributed by atoms with Gasteiger partial charge in [0.1, 0.15) is 0 Å². The molecule has 2 aliphatic heterocycles. The standard InChI is InChI=1S/C14H19ClN2/c1-17-8-2-3-11-9-10-4-6-16-7-5-12(10)13(15)14(11)17/h9,16H,2-8H2,1H3. The lowest BCUT2D eigenvalue weighted by Gasteiger charge is -2.30. The highest BCUT2D eigenvalue weighted by Gasteiger charge is 2.22. The molecule has 0 bridgehead atoms. The van der Waals surface area contributed by atoms with E-state index in [1.807, 2.05) is 0 Å². The predicted molar refractivity (Wildman–Crippen MR) is 73.3 cm³/mol. The number of hydrogen-bond donors (Lipinski definition) is 1. The van der Waals surface area contributed by atoms with E-state index < -0.39 is 0 Å². The second kappa shape index (κ2) is 4.51. The van der Waals surface area contributed by atoms with Crippen LogP contribution in [0.25, 0.3) is 0 Å². The summed E-state index contributed by atoms with van der Waals surface area (Å²) in [4.78, 5) is 2.32. The Morgan fingerprint density at radius 2 is 2.00 bits per heavy atom. The normalized spacial score (nSPS) is 19.5. The van der Waals surface area contributed by atoms with Gasteiger partial charge in [-0.15, -0.1) is 0 Å². The van der Waals surface area contributed by atoms with Crippen LogP contribution in [0.3, 0.4) is 0 Å². The Balaban J connectivity index is 2.14. The minimum absolute atomic E-state index is 1.02. The predicted octanol–water partition coefficient (Wildman–Crippen LogP) is 2.41. The van der Waals surface area contributed by atoms with Crippen LogP contribution in [0.4, 0.5) is 5.69 Å². The van der Waals surface area contributed by atoms with E-state index in [0.29, 0.717) is 0 Å². The maximum absolute atomic E-state index is 6.64. The van der Waals surface area contributed by atoms with Crippen molar-refractivity contribution in [2.75, 3.05) is 31.6 Å². The summed E-state index contributed by atoms with van der Waals surface area (Å²) in [6.45, 7) is 3.26. The van der Waals surface area contributed by atoms with Crippen molar-refractivity contribution in [2.45, 2.75) is 25.7 Å². The molecule has 3 rings (SSSR count). The summed E-state index contributed by atoms with van der Waals surface area (Å²) in [5.74, 6) is 0. The van der Waals surface area contributed by atoms with Gasteiger partial charge in [-0.05, 0) is 55.5 Å². The highest BCUT2D eigenvalue weighted by atomic mass is 35.5. The third kappa shape index (κ3) is 1.94. The van der Waals surface area contributed by atoms with Crippen molar-refractivity contribution in [3.63, 3.8) is 0 Å². The van der Waals surface area contributed by atoms with Crippen LogP contribution in [0.1, 0.15) is 23.1 Å². The summed E-state index contributed by atoms with van der Waals surface area (Å²) in [7, 11) is 2.16. The number of anilines is 1. The van der Waals surface area contributed by atoms with E-state index in [-0.39, 0.29) is 0 Å². The number of rotatable bonds is 0.